The molecular weight excluding hydrogens is 586 g/mol. The highest BCUT2D eigenvalue weighted by Gasteiger charge is 2.45. The zero-order valence-corrected chi connectivity index (χ0v) is 25.2. The van der Waals surface area contributed by atoms with Crippen LogP contribution in [0.1, 0.15) is 57.6 Å². The van der Waals surface area contributed by atoms with Crippen LogP contribution in [0.25, 0.3) is 5.69 Å². The minimum absolute atomic E-state index is 0. The number of rotatable bonds is 6. The lowest BCUT2D eigenvalue weighted by Gasteiger charge is -2.38. The molecule has 11 heteroatoms. The van der Waals surface area contributed by atoms with Crippen LogP contribution in [-0.4, -0.2) is 28.0 Å². The molecule has 0 N–H and O–H groups in total. The first-order chi connectivity index (χ1) is 19.0. The molecular formula is C31H31F4N3O2S2. The average molecular weight is 618 g/mol. The van der Waals surface area contributed by atoms with Crippen molar-refractivity contribution in [2.45, 2.75) is 39.3 Å². The van der Waals surface area contributed by atoms with E-state index in [1.54, 1.807) is 21.7 Å². The Bertz CT molecular complexity index is 1600. The number of ketones is 1. The highest BCUT2D eigenvalue weighted by Crippen LogP contribution is 2.47. The molecule has 0 aliphatic carbocycles. The molecule has 5 rings (SSSR count). The number of aromatic nitrogens is 2. The highest BCUT2D eigenvalue weighted by atomic mass is 32.1. The third-order valence-electron chi connectivity index (χ3n) is 7.34. The molecule has 0 unspecified atom stereocenters. The number of nitrogens with zero attached hydrogens (tertiary/aromatic N) is 3. The second kappa shape index (κ2) is 12.7. The summed E-state index contributed by atoms with van der Waals surface area (Å²) in [5, 5.41) is 4.78. The van der Waals surface area contributed by atoms with Gasteiger partial charge in [-0.1, -0.05) is 36.4 Å². The predicted molar refractivity (Wildman–Crippen MR) is 164 cm³/mol. The number of benzene rings is 3. The van der Waals surface area contributed by atoms with Crippen molar-refractivity contribution in [1.82, 2.24) is 9.78 Å². The fourth-order valence-corrected chi connectivity index (χ4v) is 5.51. The molecule has 1 amide bonds. The lowest BCUT2D eigenvalue weighted by molar-refractivity contribution is -0.137. The zero-order valence-electron chi connectivity index (χ0n) is 23.2. The number of hydrogen-bond donors (Lipinski definition) is 0. The van der Waals surface area contributed by atoms with Crippen LogP contribution in [0.15, 0.2) is 72.8 Å². The SMILES string of the molecule is CCN1C(=O)[C@@H](CC(=O)c2cccc(C(F)(F)F)c2)[C@@H](c2ccc(F)cc2)c2c(C)nn(-c3cccc(C)c3)c21.S.S. The van der Waals surface area contributed by atoms with Gasteiger partial charge in [0.2, 0.25) is 5.91 Å². The third kappa shape index (κ3) is 6.12. The van der Waals surface area contributed by atoms with Gasteiger partial charge in [0.05, 0.1) is 22.9 Å². The van der Waals surface area contributed by atoms with E-state index in [9.17, 15) is 27.2 Å². The van der Waals surface area contributed by atoms with E-state index in [0.29, 0.717) is 17.1 Å². The second-order valence-electron chi connectivity index (χ2n) is 10.00. The number of anilines is 1. The Kier molecular flexibility index (Phi) is 10.00. The molecule has 2 atom stereocenters. The van der Waals surface area contributed by atoms with Crippen molar-refractivity contribution in [3.8, 4) is 5.69 Å². The van der Waals surface area contributed by atoms with E-state index in [0.717, 1.165) is 28.9 Å². The summed E-state index contributed by atoms with van der Waals surface area (Å²) in [6.45, 7) is 5.87. The van der Waals surface area contributed by atoms with E-state index < -0.39 is 35.2 Å². The Balaban J connectivity index is 0.00000242. The number of hydrogen-bond acceptors (Lipinski definition) is 3. The van der Waals surface area contributed by atoms with Crippen molar-refractivity contribution >= 4 is 44.5 Å². The Hall–Kier alpha value is -3.57. The summed E-state index contributed by atoms with van der Waals surface area (Å²) < 4.78 is 55.6. The van der Waals surface area contributed by atoms with Crippen LogP contribution in [0, 0.1) is 25.6 Å². The smallest absolute Gasteiger partial charge is 0.296 e. The monoisotopic (exact) mass is 617 g/mol. The Morgan fingerprint density at radius 1 is 0.952 bits per heavy atom. The van der Waals surface area contributed by atoms with Crippen LogP contribution in [0.4, 0.5) is 23.4 Å². The van der Waals surface area contributed by atoms with Crippen molar-refractivity contribution in [1.29, 1.82) is 0 Å². The molecule has 0 saturated heterocycles. The van der Waals surface area contributed by atoms with E-state index in [4.69, 9.17) is 5.10 Å². The van der Waals surface area contributed by atoms with Gasteiger partial charge in [-0.2, -0.15) is 45.3 Å². The van der Waals surface area contributed by atoms with Gasteiger partial charge in [-0.05, 0) is 68.3 Å². The van der Waals surface area contributed by atoms with E-state index in [-0.39, 0.29) is 51.4 Å². The molecule has 0 saturated carbocycles. The van der Waals surface area contributed by atoms with Crippen molar-refractivity contribution in [3.05, 3.63) is 112 Å². The molecule has 0 bridgehead atoms. The van der Waals surface area contributed by atoms with Gasteiger partial charge in [-0.15, -0.1) is 0 Å². The van der Waals surface area contributed by atoms with Crippen LogP contribution >= 0.6 is 27.0 Å². The summed E-state index contributed by atoms with van der Waals surface area (Å²) in [6, 6.07) is 17.6. The minimum atomic E-state index is -4.61. The van der Waals surface area contributed by atoms with Crippen LogP contribution in [-0.2, 0) is 11.0 Å². The molecule has 2 heterocycles. The molecule has 5 nitrogen and oxygen atoms in total. The molecule has 4 aromatic rings. The van der Waals surface area contributed by atoms with Gasteiger partial charge in [0.25, 0.3) is 0 Å². The van der Waals surface area contributed by atoms with Crippen molar-refractivity contribution in [3.63, 3.8) is 0 Å². The summed E-state index contributed by atoms with van der Waals surface area (Å²) in [5.41, 5.74) is 2.67. The molecule has 1 aromatic heterocycles. The average Bonchev–Trinajstić information content (AvgIpc) is 3.26. The molecule has 0 radical (unpaired) electrons. The number of aryl methyl sites for hydroxylation is 2. The molecule has 1 aliphatic rings. The topological polar surface area (TPSA) is 55.2 Å². The number of amides is 1. The maximum Gasteiger partial charge on any atom is 0.416 e. The molecule has 0 fully saturated rings. The largest absolute Gasteiger partial charge is 0.416 e. The van der Waals surface area contributed by atoms with Crippen molar-refractivity contribution < 1.29 is 27.2 Å². The fourth-order valence-electron chi connectivity index (χ4n) is 5.51. The van der Waals surface area contributed by atoms with E-state index in [2.05, 4.69) is 0 Å². The molecule has 42 heavy (non-hydrogen) atoms. The molecule has 222 valence electrons. The first-order valence-electron chi connectivity index (χ1n) is 12.9. The van der Waals surface area contributed by atoms with E-state index >= 15 is 0 Å². The van der Waals surface area contributed by atoms with Gasteiger partial charge >= 0.3 is 6.18 Å². The fraction of sp³-hybridized carbons (Fsp3) is 0.258. The normalized spacial score (nSPS) is 16.4. The van der Waals surface area contributed by atoms with Gasteiger partial charge < -0.3 is 0 Å². The molecule has 3 aromatic carbocycles. The number of fused-ring (bicyclic) bond motifs is 1. The summed E-state index contributed by atoms with van der Waals surface area (Å²) >= 11 is 0. The van der Waals surface area contributed by atoms with Crippen molar-refractivity contribution in [2.24, 2.45) is 5.92 Å². The summed E-state index contributed by atoms with van der Waals surface area (Å²) in [5.74, 6) is -2.43. The Morgan fingerprint density at radius 3 is 2.24 bits per heavy atom. The third-order valence-corrected chi connectivity index (χ3v) is 7.34. The van der Waals surface area contributed by atoms with E-state index in [1.807, 2.05) is 45.0 Å². The summed E-state index contributed by atoms with van der Waals surface area (Å²) in [7, 11) is 0. The van der Waals surface area contributed by atoms with Gasteiger partial charge in [0.1, 0.15) is 11.6 Å². The van der Waals surface area contributed by atoms with Gasteiger partial charge in [-0.25, -0.2) is 9.07 Å². The lowest BCUT2D eigenvalue weighted by atomic mass is 9.74. The second-order valence-corrected chi connectivity index (χ2v) is 10.00. The van der Waals surface area contributed by atoms with Crippen LogP contribution in [0.5, 0.6) is 0 Å². The maximum absolute atomic E-state index is 14.1. The first kappa shape index (κ1) is 32.9. The summed E-state index contributed by atoms with van der Waals surface area (Å²) in [4.78, 5) is 29.1. The number of carbonyl (C=O) groups excluding carboxylic acids is 2. The quantitative estimate of drug-likeness (QED) is 0.169. The number of alkyl halides is 3. The lowest BCUT2D eigenvalue weighted by Crippen LogP contribution is -2.45. The first-order valence-corrected chi connectivity index (χ1v) is 12.9. The molecule has 0 spiro atoms. The zero-order chi connectivity index (χ0) is 28.8. The Labute approximate surface area is 255 Å². The van der Waals surface area contributed by atoms with Crippen molar-refractivity contribution in [2.75, 3.05) is 11.4 Å². The maximum atomic E-state index is 14.1. The number of halogens is 4. The van der Waals surface area contributed by atoms with Gasteiger partial charge in [0, 0.05) is 30.0 Å². The number of Topliss-reactive ketones (excluding diaryl/α,β-unsaturated/α-hetero) is 1. The molecule has 1 aliphatic heterocycles. The summed E-state index contributed by atoms with van der Waals surface area (Å²) in [6.07, 6.45) is -4.93. The van der Waals surface area contributed by atoms with Crippen LogP contribution < -0.4 is 4.90 Å². The van der Waals surface area contributed by atoms with Crippen LogP contribution in [0.3, 0.4) is 0 Å². The minimum Gasteiger partial charge on any atom is -0.296 e. The highest BCUT2D eigenvalue weighted by molar-refractivity contribution is 7.59. The van der Waals surface area contributed by atoms with Gasteiger partial charge in [-0.3, -0.25) is 14.5 Å². The van der Waals surface area contributed by atoms with E-state index in [1.165, 1.54) is 24.3 Å². The Morgan fingerprint density at radius 2 is 1.62 bits per heavy atom. The standard InChI is InChI=1S/C31H27F4N3O2.2H2S/c1-4-37-29-27(19(3)36-38(29)24-10-5-7-18(2)15-24)28(20-11-13-23(32)14-12-20)25(30(37)40)17-26(39)21-8-6-9-22(16-21)31(33,34)35;;/h5-16,25,28H,4,17H2,1-3H3;2*1H2/t25-,28+;;/m0../s1. The number of carbonyl (C=O) groups is 2. The predicted octanol–water partition coefficient (Wildman–Crippen LogP) is 7.26. The van der Waals surface area contributed by atoms with Gasteiger partial charge in [0.15, 0.2) is 5.78 Å². The van der Waals surface area contributed by atoms with Crippen LogP contribution in [0.2, 0.25) is 0 Å².